The van der Waals surface area contributed by atoms with E-state index in [1.165, 1.54) is 5.69 Å². The number of aliphatic hydroxyl groups is 1. The fourth-order valence-corrected chi connectivity index (χ4v) is 3.00. The Bertz CT molecular complexity index is 562. The number of hydrogen-bond donors (Lipinski definition) is 2. The van der Waals surface area contributed by atoms with Crippen molar-refractivity contribution in [1.29, 1.82) is 0 Å². The molecule has 0 spiro atoms. The lowest BCUT2D eigenvalue weighted by Crippen LogP contribution is -2.43. The van der Waals surface area contributed by atoms with Crippen molar-refractivity contribution < 1.29 is 9.84 Å². The molecule has 0 aromatic heterocycles. The maximum atomic E-state index is 10.1. The summed E-state index contributed by atoms with van der Waals surface area (Å²) in [5.74, 6) is 0.841. The van der Waals surface area contributed by atoms with E-state index in [1.807, 2.05) is 19.9 Å². The SMILES string of the molecule is CC(C)(O)CN1CCN=C1Nc1ccccc1N1CCOCC1. The number of guanidine groups is 1. The molecule has 0 bridgehead atoms. The number of nitrogens with one attached hydrogen (secondary N) is 1. The topological polar surface area (TPSA) is 60.3 Å². The Morgan fingerprint density at radius 1 is 1.22 bits per heavy atom. The highest BCUT2D eigenvalue weighted by molar-refractivity contribution is 5.97. The molecule has 0 saturated carbocycles. The van der Waals surface area contributed by atoms with E-state index in [0.29, 0.717) is 6.54 Å². The van der Waals surface area contributed by atoms with Crippen molar-refractivity contribution in [3.63, 3.8) is 0 Å². The number of rotatable bonds is 4. The Kier molecular flexibility index (Phi) is 4.73. The molecule has 1 aromatic rings. The lowest BCUT2D eigenvalue weighted by atomic mass is 10.1. The van der Waals surface area contributed by atoms with E-state index in [4.69, 9.17) is 4.74 Å². The standard InChI is InChI=1S/C17H26N4O2/c1-17(2,22)13-21-8-7-18-16(21)19-14-5-3-4-6-15(14)20-9-11-23-12-10-20/h3-6,22H,7-13H2,1-2H3,(H,18,19). The van der Waals surface area contributed by atoms with Crippen LogP contribution in [-0.4, -0.2) is 67.5 Å². The zero-order valence-corrected chi connectivity index (χ0v) is 14.0. The van der Waals surface area contributed by atoms with E-state index in [9.17, 15) is 5.11 Å². The van der Waals surface area contributed by atoms with Crippen molar-refractivity contribution >= 4 is 17.3 Å². The summed E-state index contributed by atoms with van der Waals surface area (Å²) in [6.45, 7) is 9.15. The van der Waals surface area contributed by atoms with Crippen molar-refractivity contribution in [2.24, 2.45) is 4.99 Å². The largest absolute Gasteiger partial charge is 0.389 e. The van der Waals surface area contributed by atoms with E-state index in [-0.39, 0.29) is 0 Å². The lowest BCUT2D eigenvalue weighted by molar-refractivity contribution is 0.0585. The van der Waals surface area contributed by atoms with Crippen molar-refractivity contribution in [3.05, 3.63) is 24.3 Å². The van der Waals surface area contributed by atoms with Crippen LogP contribution in [0.5, 0.6) is 0 Å². The first-order chi connectivity index (χ1) is 11.0. The van der Waals surface area contributed by atoms with E-state index < -0.39 is 5.60 Å². The summed E-state index contributed by atoms with van der Waals surface area (Å²) in [7, 11) is 0. The molecule has 6 heteroatoms. The van der Waals surface area contributed by atoms with Crippen molar-refractivity contribution in [3.8, 4) is 0 Å². The van der Waals surface area contributed by atoms with Gasteiger partial charge in [0.15, 0.2) is 5.96 Å². The molecule has 23 heavy (non-hydrogen) atoms. The predicted molar refractivity (Wildman–Crippen MR) is 93.3 cm³/mol. The van der Waals surface area contributed by atoms with E-state index in [0.717, 1.165) is 51.0 Å². The summed E-state index contributed by atoms with van der Waals surface area (Å²) in [6, 6.07) is 8.29. The molecule has 126 valence electrons. The van der Waals surface area contributed by atoms with Gasteiger partial charge >= 0.3 is 0 Å². The Morgan fingerprint density at radius 2 is 1.96 bits per heavy atom. The van der Waals surface area contributed by atoms with Crippen LogP contribution in [0, 0.1) is 0 Å². The van der Waals surface area contributed by atoms with Crippen LogP contribution in [0.2, 0.25) is 0 Å². The first kappa shape index (κ1) is 16.1. The second kappa shape index (κ2) is 6.76. The average Bonchev–Trinajstić information content (AvgIpc) is 2.94. The second-order valence-electron chi connectivity index (χ2n) is 6.68. The van der Waals surface area contributed by atoms with Gasteiger partial charge in [0.05, 0.1) is 36.7 Å². The monoisotopic (exact) mass is 318 g/mol. The Balaban J connectivity index is 1.75. The number of aliphatic imine (C=N–C) groups is 1. The number of para-hydroxylation sites is 2. The van der Waals surface area contributed by atoms with Crippen LogP contribution in [0.15, 0.2) is 29.3 Å². The fourth-order valence-electron chi connectivity index (χ4n) is 3.00. The minimum Gasteiger partial charge on any atom is -0.389 e. The zero-order chi connectivity index (χ0) is 16.3. The molecule has 2 aliphatic rings. The predicted octanol–water partition coefficient (Wildman–Crippen LogP) is 1.38. The third-order valence-corrected chi connectivity index (χ3v) is 4.01. The smallest absolute Gasteiger partial charge is 0.198 e. The molecule has 3 rings (SSSR count). The number of anilines is 2. The summed E-state index contributed by atoms with van der Waals surface area (Å²) in [5.41, 5.74) is 1.49. The quantitative estimate of drug-likeness (QED) is 0.878. The van der Waals surface area contributed by atoms with Gasteiger partial charge in [-0.1, -0.05) is 12.1 Å². The van der Waals surface area contributed by atoms with Crippen molar-refractivity contribution in [1.82, 2.24) is 4.90 Å². The van der Waals surface area contributed by atoms with Gasteiger partial charge in [0, 0.05) is 26.2 Å². The third-order valence-electron chi connectivity index (χ3n) is 4.01. The van der Waals surface area contributed by atoms with Crippen molar-refractivity contribution in [2.75, 3.05) is 56.2 Å². The zero-order valence-electron chi connectivity index (χ0n) is 14.0. The average molecular weight is 318 g/mol. The highest BCUT2D eigenvalue weighted by atomic mass is 16.5. The van der Waals surface area contributed by atoms with Gasteiger partial charge in [-0.25, -0.2) is 0 Å². The fraction of sp³-hybridized carbons (Fsp3) is 0.588. The summed E-state index contributed by atoms with van der Waals surface area (Å²) in [6.07, 6.45) is 0. The molecule has 1 saturated heterocycles. The molecule has 0 unspecified atom stereocenters. The molecule has 0 amide bonds. The number of morpholine rings is 1. The summed E-state index contributed by atoms with van der Waals surface area (Å²) < 4.78 is 5.44. The van der Waals surface area contributed by atoms with Crippen LogP contribution in [0.1, 0.15) is 13.8 Å². The Hall–Kier alpha value is -1.79. The number of ether oxygens (including phenoxy) is 1. The van der Waals surface area contributed by atoms with Gasteiger partial charge in [-0.2, -0.15) is 0 Å². The number of benzene rings is 1. The molecule has 1 aromatic carbocycles. The molecular weight excluding hydrogens is 292 g/mol. The molecule has 0 atom stereocenters. The minimum absolute atomic E-state index is 0.568. The van der Waals surface area contributed by atoms with E-state index in [1.54, 1.807) is 0 Å². The van der Waals surface area contributed by atoms with Crippen LogP contribution in [0.25, 0.3) is 0 Å². The number of β-amino-alcohol motifs (C(OH)–C–C–N with tert-alkyl or cyclic N) is 1. The molecular formula is C17H26N4O2. The summed E-state index contributed by atoms with van der Waals surface area (Å²) in [5, 5.41) is 13.5. The van der Waals surface area contributed by atoms with Crippen LogP contribution in [0.4, 0.5) is 11.4 Å². The maximum absolute atomic E-state index is 10.1. The van der Waals surface area contributed by atoms with Gasteiger partial charge in [-0.3, -0.25) is 4.99 Å². The van der Waals surface area contributed by atoms with Crippen LogP contribution in [0.3, 0.4) is 0 Å². The van der Waals surface area contributed by atoms with Crippen LogP contribution >= 0.6 is 0 Å². The van der Waals surface area contributed by atoms with Gasteiger partial charge in [0.25, 0.3) is 0 Å². The first-order valence-corrected chi connectivity index (χ1v) is 8.23. The molecule has 1 fully saturated rings. The van der Waals surface area contributed by atoms with Gasteiger partial charge < -0.3 is 25.0 Å². The van der Waals surface area contributed by atoms with E-state index >= 15 is 0 Å². The van der Waals surface area contributed by atoms with Gasteiger partial charge in [0.2, 0.25) is 0 Å². The second-order valence-corrected chi connectivity index (χ2v) is 6.68. The highest BCUT2D eigenvalue weighted by Gasteiger charge is 2.25. The molecule has 2 heterocycles. The molecule has 0 radical (unpaired) electrons. The number of hydrogen-bond acceptors (Lipinski definition) is 6. The first-order valence-electron chi connectivity index (χ1n) is 8.23. The van der Waals surface area contributed by atoms with Gasteiger partial charge in [0.1, 0.15) is 0 Å². The summed E-state index contributed by atoms with van der Waals surface area (Å²) in [4.78, 5) is 9.00. The normalized spacial score (nSPS) is 19.0. The minimum atomic E-state index is -0.740. The lowest BCUT2D eigenvalue weighted by Gasteiger charge is -2.32. The highest BCUT2D eigenvalue weighted by Crippen LogP contribution is 2.27. The summed E-state index contributed by atoms with van der Waals surface area (Å²) >= 11 is 0. The van der Waals surface area contributed by atoms with Crippen LogP contribution < -0.4 is 10.2 Å². The van der Waals surface area contributed by atoms with Gasteiger partial charge in [-0.15, -0.1) is 0 Å². The van der Waals surface area contributed by atoms with E-state index in [2.05, 4.69) is 38.3 Å². The molecule has 2 aliphatic heterocycles. The molecule has 0 aliphatic carbocycles. The Morgan fingerprint density at radius 3 is 2.70 bits per heavy atom. The molecule has 6 nitrogen and oxygen atoms in total. The maximum Gasteiger partial charge on any atom is 0.198 e. The Labute approximate surface area is 137 Å². The molecule has 2 N–H and O–H groups in total. The van der Waals surface area contributed by atoms with Crippen LogP contribution in [-0.2, 0) is 4.74 Å². The van der Waals surface area contributed by atoms with Gasteiger partial charge in [-0.05, 0) is 26.0 Å². The van der Waals surface area contributed by atoms with Crippen molar-refractivity contribution in [2.45, 2.75) is 19.4 Å². The third kappa shape index (κ3) is 4.14. The number of nitrogens with zero attached hydrogens (tertiary/aromatic N) is 3.